The van der Waals surface area contributed by atoms with Gasteiger partial charge in [-0.05, 0) is 31.0 Å². The lowest BCUT2D eigenvalue weighted by Crippen LogP contribution is -2.31. The molecule has 1 aliphatic rings. The van der Waals surface area contributed by atoms with Crippen LogP contribution < -0.4 is 11.1 Å². The van der Waals surface area contributed by atoms with E-state index in [0.29, 0.717) is 23.2 Å². The maximum atomic E-state index is 12.0. The van der Waals surface area contributed by atoms with Crippen molar-refractivity contribution in [1.82, 2.24) is 10.3 Å². The Balaban J connectivity index is 1.71. The van der Waals surface area contributed by atoms with Gasteiger partial charge in [0.05, 0.1) is 11.6 Å². The standard InChI is InChI=1S/C13H14N2O4/c16-12(14-7-9-2-1-5-18-9)8-3-4-10-11(6-8)19-13(17)15-10/h3-4,6,9H,1-2,5,7H2,(H,14,16)(H,15,17). The van der Waals surface area contributed by atoms with Crippen LogP contribution in [-0.2, 0) is 4.74 Å². The average molecular weight is 262 g/mol. The molecule has 1 aromatic heterocycles. The van der Waals surface area contributed by atoms with E-state index in [-0.39, 0.29) is 12.0 Å². The summed E-state index contributed by atoms with van der Waals surface area (Å²) in [6.45, 7) is 1.27. The third-order valence-electron chi connectivity index (χ3n) is 3.20. The Labute approximate surface area is 108 Å². The van der Waals surface area contributed by atoms with Crippen LogP contribution in [0.15, 0.2) is 27.4 Å². The topological polar surface area (TPSA) is 84.3 Å². The van der Waals surface area contributed by atoms with E-state index < -0.39 is 5.76 Å². The molecule has 1 saturated heterocycles. The number of amides is 1. The monoisotopic (exact) mass is 262 g/mol. The minimum Gasteiger partial charge on any atom is -0.408 e. The van der Waals surface area contributed by atoms with Crippen LogP contribution >= 0.6 is 0 Å². The molecule has 2 N–H and O–H groups in total. The number of benzene rings is 1. The van der Waals surface area contributed by atoms with Crippen molar-refractivity contribution in [3.63, 3.8) is 0 Å². The van der Waals surface area contributed by atoms with Gasteiger partial charge >= 0.3 is 5.76 Å². The Bertz CT molecular complexity index is 652. The van der Waals surface area contributed by atoms with Crippen molar-refractivity contribution in [2.45, 2.75) is 18.9 Å². The Morgan fingerprint density at radius 2 is 2.37 bits per heavy atom. The molecule has 0 aliphatic carbocycles. The van der Waals surface area contributed by atoms with Crippen LogP contribution in [0, 0.1) is 0 Å². The fraction of sp³-hybridized carbons (Fsp3) is 0.385. The summed E-state index contributed by atoms with van der Waals surface area (Å²) in [6.07, 6.45) is 2.13. The Kier molecular flexibility index (Phi) is 3.08. The van der Waals surface area contributed by atoms with Crippen molar-refractivity contribution in [3.8, 4) is 0 Å². The number of hydrogen-bond acceptors (Lipinski definition) is 4. The molecule has 100 valence electrons. The summed E-state index contributed by atoms with van der Waals surface area (Å²) in [5.74, 6) is -0.715. The number of aromatic nitrogens is 1. The second-order valence-corrected chi connectivity index (χ2v) is 4.57. The fourth-order valence-corrected chi connectivity index (χ4v) is 2.20. The van der Waals surface area contributed by atoms with Gasteiger partial charge in [-0.1, -0.05) is 0 Å². The largest absolute Gasteiger partial charge is 0.417 e. The molecule has 2 heterocycles. The van der Waals surface area contributed by atoms with E-state index in [4.69, 9.17) is 9.15 Å². The normalized spacial score (nSPS) is 18.8. The quantitative estimate of drug-likeness (QED) is 0.865. The lowest BCUT2D eigenvalue weighted by atomic mass is 10.2. The highest BCUT2D eigenvalue weighted by Gasteiger charge is 2.17. The lowest BCUT2D eigenvalue weighted by molar-refractivity contribution is 0.0858. The third-order valence-corrected chi connectivity index (χ3v) is 3.20. The van der Waals surface area contributed by atoms with Crippen LogP contribution in [0.2, 0.25) is 0 Å². The molecule has 1 aromatic carbocycles. The van der Waals surface area contributed by atoms with Gasteiger partial charge in [0, 0.05) is 18.7 Å². The van der Waals surface area contributed by atoms with E-state index in [1.807, 2.05) is 0 Å². The van der Waals surface area contributed by atoms with Crippen LogP contribution in [-0.4, -0.2) is 30.1 Å². The SMILES string of the molecule is O=C(NCC1CCCO1)c1ccc2[nH]c(=O)oc2c1. The van der Waals surface area contributed by atoms with E-state index in [1.54, 1.807) is 18.2 Å². The molecule has 0 radical (unpaired) electrons. The molecule has 3 rings (SSSR count). The van der Waals surface area contributed by atoms with Crippen molar-refractivity contribution < 1.29 is 13.9 Å². The smallest absolute Gasteiger partial charge is 0.408 e. The van der Waals surface area contributed by atoms with Gasteiger partial charge in [0.1, 0.15) is 0 Å². The van der Waals surface area contributed by atoms with Gasteiger partial charge in [0.25, 0.3) is 5.91 Å². The van der Waals surface area contributed by atoms with E-state index in [0.717, 1.165) is 19.4 Å². The molecule has 1 aliphatic heterocycles. The van der Waals surface area contributed by atoms with Gasteiger partial charge in [-0.15, -0.1) is 0 Å². The molecule has 2 aromatic rings. The minimum absolute atomic E-state index is 0.109. The molecule has 0 saturated carbocycles. The lowest BCUT2D eigenvalue weighted by Gasteiger charge is -2.10. The molecule has 1 fully saturated rings. The van der Waals surface area contributed by atoms with Gasteiger partial charge in [-0.3, -0.25) is 9.78 Å². The van der Waals surface area contributed by atoms with Gasteiger partial charge in [0.15, 0.2) is 5.58 Å². The predicted octanol–water partition coefficient (Wildman–Crippen LogP) is 1.03. The molecular formula is C13H14N2O4. The summed E-state index contributed by atoms with van der Waals surface area (Å²) >= 11 is 0. The van der Waals surface area contributed by atoms with Crippen molar-refractivity contribution in [1.29, 1.82) is 0 Å². The number of oxazole rings is 1. The first-order valence-electron chi connectivity index (χ1n) is 6.25. The highest BCUT2D eigenvalue weighted by Crippen LogP contribution is 2.13. The number of ether oxygens (including phenoxy) is 1. The summed E-state index contributed by atoms with van der Waals surface area (Å²) in [5.41, 5.74) is 1.43. The number of H-pyrrole nitrogens is 1. The zero-order valence-corrected chi connectivity index (χ0v) is 10.3. The van der Waals surface area contributed by atoms with E-state index in [1.165, 1.54) is 0 Å². The minimum atomic E-state index is -0.521. The Morgan fingerprint density at radius 1 is 1.47 bits per heavy atom. The Hall–Kier alpha value is -2.08. The van der Waals surface area contributed by atoms with Crippen LogP contribution in [0.3, 0.4) is 0 Å². The molecule has 1 atom stereocenters. The van der Waals surface area contributed by atoms with Gasteiger partial charge < -0.3 is 14.5 Å². The molecule has 19 heavy (non-hydrogen) atoms. The second kappa shape index (κ2) is 4.89. The zero-order chi connectivity index (χ0) is 13.2. The van der Waals surface area contributed by atoms with Crippen molar-refractivity contribution in [2.75, 3.05) is 13.2 Å². The number of nitrogens with one attached hydrogen (secondary N) is 2. The van der Waals surface area contributed by atoms with Crippen LogP contribution in [0.5, 0.6) is 0 Å². The van der Waals surface area contributed by atoms with Crippen LogP contribution in [0.1, 0.15) is 23.2 Å². The Morgan fingerprint density at radius 3 is 3.16 bits per heavy atom. The summed E-state index contributed by atoms with van der Waals surface area (Å²) in [7, 11) is 0. The van der Waals surface area contributed by atoms with Crippen LogP contribution in [0.4, 0.5) is 0 Å². The van der Waals surface area contributed by atoms with Gasteiger partial charge in [-0.25, -0.2) is 4.79 Å². The van der Waals surface area contributed by atoms with Crippen molar-refractivity contribution in [2.24, 2.45) is 0 Å². The van der Waals surface area contributed by atoms with E-state index >= 15 is 0 Å². The van der Waals surface area contributed by atoms with E-state index in [2.05, 4.69) is 10.3 Å². The number of fused-ring (bicyclic) bond motifs is 1. The number of carbonyl (C=O) groups excluding carboxylic acids is 1. The van der Waals surface area contributed by atoms with Gasteiger partial charge in [-0.2, -0.15) is 0 Å². The van der Waals surface area contributed by atoms with Crippen LogP contribution in [0.25, 0.3) is 11.1 Å². The number of rotatable bonds is 3. The highest BCUT2D eigenvalue weighted by molar-refractivity contribution is 5.96. The zero-order valence-electron chi connectivity index (χ0n) is 10.3. The molecule has 1 amide bonds. The predicted molar refractivity (Wildman–Crippen MR) is 68.1 cm³/mol. The maximum Gasteiger partial charge on any atom is 0.417 e. The first-order valence-corrected chi connectivity index (χ1v) is 6.25. The molecule has 0 spiro atoms. The second-order valence-electron chi connectivity index (χ2n) is 4.57. The summed E-state index contributed by atoms with van der Waals surface area (Å²) in [6, 6.07) is 4.86. The molecule has 0 bridgehead atoms. The summed E-state index contributed by atoms with van der Waals surface area (Å²) in [5, 5.41) is 2.82. The fourth-order valence-electron chi connectivity index (χ4n) is 2.20. The summed E-state index contributed by atoms with van der Waals surface area (Å²) in [4.78, 5) is 25.5. The highest BCUT2D eigenvalue weighted by atomic mass is 16.5. The molecule has 6 heteroatoms. The molecule has 6 nitrogen and oxygen atoms in total. The number of hydrogen-bond donors (Lipinski definition) is 2. The van der Waals surface area contributed by atoms with E-state index in [9.17, 15) is 9.59 Å². The van der Waals surface area contributed by atoms with Gasteiger partial charge in [0.2, 0.25) is 0 Å². The summed E-state index contributed by atoms with van der Waals surface area (Å²) < 4.78 is 10.4. The molecule has 1 unspecified atom stereocenters. The number of aromatic amines is 1. The number of carbonyl (C=O) groups is 1. The first-order chi connectivity index (χ1) is 9.22. The average Bonchev–Trinajstić information content (AvgIpc) is 3.02. The first kappa shape index (κ1) is 12.0. The van der Waals surface area contributed by atoms with Crippen molar-refractivity contribution >= 4 is 17.0 Å². The maximum absolute atomic E-state index is 12.0. The third kappa shape index (κ3) is 2.53. The van der Waals surface area contributed by atoms with Crippen molar-refractivity contribution in [3.05, 3.63) is 34.3 Å². The molecular weight excluding hydrogens is 248 g/mol.